The first-order valence-corrected chi connectivity index (χ1v) is 5.36. The van der Waals surface area contributed by atoms with E-state index in [-0.39, 0.29) is 0 Å². The van der Waals surface area contributed by atoms with Gasteiger partial charge in [0.05, 0.1) is 0 Å². The van der Waals surface area contributed by atoms with E-state index in [4.69, 9.17) is 5.11 Å². The fraction of sp³-hybridized carbons (Fsp3) is 0.583. The summed E-state index contributed by atoms with van der Waals surface area (Å²) >= 11 is 0. The molecule has 0 aromatic carbocycles. The highest BCUT2D eigenvalue weighted by molar-refractivity contribution is 5.67. The van der Waals surface area contributed by atoms with Crippen LogP contribution in [-0.4, -0.2) is 11.1 Å². The Morgan fingerprint density at radius 1 is 1.50 bits per heavy atom. The number of rotatable bonds is 2. The number of carbonyl (C=O) groups is 1. The van der Waals surface area contributed by atoms with Crippen LogP contribution in [0.4, 0.5) is 0 Å². The quantitative estimate of drug-likeness (QED) is 0.725. The molecule has 74 valence electrons. The Bertz CT molecular complexity index is 340. The number of aliphatic carboxylic acids is 1. The fourth-order valence-corrected chi connectivity index (χ4v) is 3.63. The van der Waals surface area contributed by atoms with E-state index in [1.165, 1.54) is 12.0 Å². The molecule has 1 N–H and O–H groups in total. The van der Waals surface area contributed by atoms with Gasteiger partial charge >= 0.3 is 5.97 Å². The lowest BCUT2D eigenvalue weighted by molar-refractivity contribution is -0.138. The van der Waals surface area contributed by atoms with Crippen molar-refractivity contribution in [2.45, 2.75) is 19.3 Å². The molecule has 0 radical (unpaired) electrons. The molecule has 0 amide bonds. The van der Waals surface area contributed by atoms with Gasteiger partial charge in [-0.05, 0) is 30.6 Å². The summed E-state index contributed by atoms with van der Waals surface area (Å²) < 4.78 is 0. The van der Waals surface area contributed by atoms with Gasteiger partial charge in [0.2, 0.25) is 0 Å². The average Bonchev–Trinajstić information content (AvgIpc) is 2.68. The summed E-state index contributed by atoms with van der Waals surface area (Å²) in [6.45, 7) is 0. The highest BCUT2D eigenvalue weighted by Crippen LogP contribution is 2.57. The van der Waals surface area contributed by atoms with Crippen molar-refractivity contribution >= 4 is 5.97 Å². The molecule has 3 aliphatic carbocycles. The first-order chi connectivity index (χ1) is 6.75. The van der Waals surface area contributed by atoms with Crippen LogP contribution in [0.2, 0.25) is 0 Å². The van der Waals surface area contributed by atoms with Gasteiger partial charge in [0.25, 0.3) is 0 Å². The third kappa shape index (κ3) is 0.999. The molecular weight excluding hydrogens is 176 g/mol. The highest BCUT2D eigenvalue weighted by Gasteiger charge is 2.49. The number of fused-ring (bicyclic) bond motifs is 5. The van der Waals surface area contributed by atoms with Gasteiger partial charge < -0.3 is 5.11 Å². The maximum absolute atomic E-state index is 10.7. The number of allylic oxidation sites excluding steroid dienone is 4. The van der Waals surface area contributed by atoms with Crippen LogP contribution in [0.25, 0.3) is 0 Å². The SMILES string of the molecule is O=C(O)CC1CC2CC1C1=CC=CC12. The fourth-order valence-electron chi connectivity index (χ4n) is 3.63. The van der Waals surface area contributed by atoms with Crippen LogP contribution in [0.3, 0.4) is 0 Å². The van der Waals surface area contributed by atoms with E-state index in [0.717, 1.165) is 12.3 Å². The van der Waals surface area contributed by atoms with Crippen molar-refractivity contribution in [3.63, 3.8) is 0 Å². The molecule has 14 heavy (non-hydrogen) atoms. The Morgan fingerprint density at radius 2 is 2.36 bits per heavy atom. The topological polar surface area (TPSA) is 37.3 Å². The maximum atomic E-state index is 10.7. The van der Waals surface area contributed by atoms with Crippen molar-refractivity contribution < 1.29 is 9.90 Å². The van der Waals surface area contributed by atoms with Crippen LogP contribution in [0.5, 0.6) is 0 Å². The lowest BCUT2D eigenvalue weighted by Gasteiger charge is -2.26. The van der Waals surface area contributed by atoms with Crippen LogP contribution in [0, 0.1) is 23.7 Å². The van der Waals surface area contributed by atoms with E-state index >= 15 is 0 Å². The smallest absolute Gasteiger partial charge is 0.303 e. The number of hydrogen-bond donors (Lipinski definition) is 1. The van der Waals surface area contributed by atoms with Crippen molar-refractivity contribution in [1.29, 1.82) is 0 Å². The second-order valence-electron chi connectivity index (χ2n) is 4.77. The molecule has 4 atom stereocenters. The molecule has 2 heteroatoms. The van der Waals surface area contributed by atoms with Crippen LogP contribution < -0.4 is 0 Å². The van der Waals surface area contributed by atoms with Gasteiger partial charge in [0.1, 0.15) is 0 Å². The Balaban J connectivity index is 1.81. The molecule has 2 saturated carbocycles. The van der Waals surface area contributed by atoms with Crippen LogP contribution in [0.1, 0.15) is 19.3 Å². The summed E-state index contributed by atoms with van der Waals surface area (Å²) in [6.07, 6.45) is 9.37. The third-order valence-corrected chi connectivity index (χ3v) is 4.10. The number of carboxylic acid groups (broad SMARTS) is 1. The second-order valence-corrected chi connectivity index (χ2v) is 4.77. The van der Waals surface area contributed by atoms with E-state index in [2.05, 4.69) is 18.2 Å². The largest absolute Gasteiger partial charge is 0.481 e. The lowest BCUT2D eigenvalue weighted by Crippen LogP contribution is -2.20. The van der Waals surface area contributed by atoms with Gasteiger partial charge in [-0.15, -0.1) is 0 Å². The summed E-state index contributed by atoms with van der Waals surface area (Å²) in [7, 11) is 0. The van der Waals surface area contributed by atoms with Gasteiger partial charge in [0, 0.05) is 12.3 Å². The van der Waals surface area contributed by atoms with Crippen LogP contribution in [-0.2, 0) is 4.79 Å². The van der Waals surface area contributed by atoms with Gasteiger partial charge in [-0.3, -0.25) is 4.79 Å². The Morgan fingerprint density at radius 3 is 3.14 bits per heavy atom. The highest BCUT2D eigenvalue weighted by atomic mass is 16.4. The lowest BCUT2D eigenvalue weighted by atomic mass is 9.78. The number of carboxylic acids is 1. The molecule has 4 unspecified atom stereocenters. The zero-order valence-electron chi connectivity index (χ0n) is 8.02. The van der Waals surface area contributed by atoms with Crippen LogP contribution >= 0.6 is 0 Å². The normalized spacial score (nSPS) is 42.7. The van der Waals surface area contributed by atoms with Crippen molar-refractivity contribution in [2.75, 3.05) is 0 Å². The van der Waals surface area contributed by atoms with Crippen molar-refractivity contribution in [1.82, 2.24) is 0 Å². The minimum absolute atomic E-state index is 0.366. The summed E-state index contributed by atoms with van der Waals surface area (Å²) in [4.78, 5) is 10.7. The van der Waals surface area contributed by atoms with Gasteiger partial charge in [0.15, 0.2) is 0 Å². The number of hydrogen-bond acceptors (Lipinski definition) is 1. The maximum Gasteiger partial charge on any atom is 0.303 e. The predicted octanol–water partition coefficient (Wildman–Crippen LogP) is 2.23. The first kappa shape index (κ1) is 8.27. The summed E-state index contributed by atoms with van der Waals surface area (Å²) in [5.41, 5.74) is 1.52. The van der Waals surface area contributed by atoms with Crippen molar-refractivity contribution in [2.24, 2.45) is 23.7 Å². The minimum Gasteiger partial charge on any atom is -0.481 e. The summed E-state index contributed by atoms with van der Waals surface area (Å²) in [6, 6.07) is 0. The standard InChI is InChI=1S/C12H14O2/c13-12(14)6-8-4-7-5-11(8)10-3-1-2-9(7)10/h1-3,7-9,11H,4-6H2,(H,13,14). The van der Waals surface area contributed by atoms with E-state index in [9.17, 15) is 4.79 Å². The average molecular weight is 190 g/mol. The second kappa shape index (κ2) is 2.72. The minimum atomic E-state index is -0.634. The molecule has 2 nitrogen and oxygen atoms in total. The predicted molar refractivity (Wildman–Crippen MR) is 52.7 cm³/mol. The molecule has 0 aliphatic heterocycles. The molecule has 0 aromatic rings. The first-order valence-electron chi connectivity index (χ1n) is 5.36. The Labute approximate surface area is 83.3 Å². The molecule has 0 aromatic heterocycles. The van der Waals surface area contributed by atoms with Crippen LogP contribution in [0.15, 0.2) is 23.8 Å². The van der Waals surface area contributed by atoms with Crippen molar-refractivity contribution in [3.8, 4) is 0 Å². The van der Waals surface area contributed by atoms with Crippen molar-refractivity contribution in [3.05, 3.63) is 23.8 Å². The molecule has 3 aliphatic rings. The van der Waals surface area contributed by atoms with E-state index in [1.54, 1.807) is 0 Å². The summed E-state index contributed by atoms with van der Waals surface area (Å²) in [5.74, 6) is 1.78. The summed E-state index contributed by atoms with van der Waals surface area (Å²) in [5, 5.41) is 8.81. The molecule has 0 saturated heterocycles. The van der Waals surface area contributed by atoms with Gasteiger partial charge in [-0.25, -0.2) is 0 Å². The molecule has 3 rings (SSSR count). The molecule has 0 spiro atoms. The van der Waals surface area contributed by atoms with E-state index in [1.807, 2.05) is 0 Å². The molecule has 2 bridgehead atoms. The van der Waals surface area contributed by atoms with E-state index < -0.39 is 5.97 Å². The molecular formula is C12H14O2. The zero-order valence-corrected chi connectivity index (χ0v) is 8.02. The van der Waals surface area contributed by atoms with Gasteiger partial charge in [-0.2, -0.15) is 0 Å². The monoisotopic (exact) mass is 190 g/mol. The molecule has 0 heterocycles. The third-order valence-electron chi connectivity index (χ3n) is 4.10. The Kier molecular flexibility index (Phi) is 1.61. The Hall–Kier alpha value is -1.05. The molecule has 2 fully saturated rings. The zero-order chi connectivity index (χ0) is 9.71. The van der Waals surface area contributed by atoms with Gasteiger partial charge in [-0.1, -0.05) is 23.8 Å². The van der Waals surface area contributed by atoms with E-state index in [0.29, 0.717) is 24.2 Å².